The highest BCUT2D eigenvalue weighted by Crippen LogP contribution is 2.07. The molecule has 0 spiro atoms. The molecule has 0 bridgehead atoms. The van der Waals surface area contributed by atoms with Crippen molar-refractivity contribution in [2.75, 3.05) is 0 Å². The first-order chi connectivity index (χ1) is 7.97. The van der Waals surface area contributed by atoms with Crippen LogP contribution in [0.1, 0.15) is 33.6 Å². The summed E-state index contributed by atoms with van der Waals surface area (Å²) in [5.41, 5.74) is 1.59. The van der Waals surface area contributed by atoms with E-state index in [1.807, 2.05) is 13.0 Å². The van der Waals surface area contributed by atoms with Gasteiger partial charge in [0.25, 0.3) is 0 Å². The standard InChI is InChI=1S/C14H18O3/c1-11(9-10-15)5-4-6-12(2)14(17)8-7-13(3)16/h6-10H,4-5H2,1-3H3/b8-7+,11-9+,12-6+. The molecule has 0 aliphatic heterocycles. The largest absolute Gasteiger partial charge is 0.299 e. The van der Waals surface area contributed by atoms with E-state index in [9.17, 15) is 14.4 Å². The zero-order valence-electron chi connectivity index (χ0n) is 10.5. The second-order valence-corrected chi connectivity index (χ2v) is 3.88. The number of aldehydes is 1. The normalized spacial score (nSPS) is 12.9. The predicted octanol–water partition coefficient (Wildman–Crippen LogP) is 2.57. The van der Waals surface area contributed by atoms with Gasteiger partial charge in [-0.1, -0.05) is 11.6 Å². The van der Waals surface area contributed by atoms with E-state index in [2.05, 4.69) is 0 Å². The summed E-state index contributed by atoms with van der Waals surface area (Å²) in [6.45, 7) is 4.98. The molecular weight excluding hydrogens is 216 g/mol. The van der Waals surface area contributed by atoms with E-state index in [4.69, 9.17) is 0 Å². The maximum atomic E-state index is 11.5. The van der Waals surface area contributed by atoms with Gasteiger partial charge in [-0.15, -0.1) is 0 Å². The van der Waals surface area contributed by atoms with Gasteiger partial charge in [0.05, 0.1) is 0 Å². The molecule has 0 aliphatic rings. The van der Waals surface area contributed by atoms with Gasteiger partial charge in [0, 0.05) is 0 Å². The Morgan fingerprint density at radius 2 is 1.71 bits per heavy atom. The van der Waals surface area contributed by atoms with Crippen LogP contribution in [0.15, 0.2) is 35.5 Å². The highest BCUT2D eigenvalue weighted by molar-refractivity contribution is 6.06. The summed E-state index contributed by atoms with van der Waals surface area (Å²) in [5, 5.41) is 0. The van der Waals surface area contributed by atoms with Crippen LogP contribution in [0.25, 0.3) is 0 Å². The topological polar surface area (TPSA) is 51.2 Å². The van der Waals surface area contributed by atoms with Gasteiger partial charge in [0.1, 0.15) is 6.29 Å². The van der Waals surface area contributed by atoms with Crippen LogP contribution in [-0.2, 0) is 14.4 Å². The molecule has 0 amide bonds. The van der Waals surface area contributed by atoms with Gasteiger partial charge in [-0.05, 0) is 57.4 Å². The van der Waals surface area contributed by atoms with Crippen molar-refractivity contribution >= 4 is 17.9 Å². The van der Waals surface area contributed by atoms with Crippen molar-refractivity contribution in [1.29, 1.82) is 0 Å². The van der Waals surface area contributed by atoms with Gasteiger partial charge < -0.3 is 0 Å². The fraction of sp³-hybridized carbons (Fsp3) is 0.357. The molecule has 0 N–H and O–H groups in total. The third-order valence-corrected chi connectivity index (χ3v) is 2.20. The van der Waals surface area contributed by atoms with Crippen LogP contribution in [0.5, 0.6) is 0 Å². The molecule has 0 heterocycles. The van der Waals surface area contributed by atoms with Crippen LogP contribution in [0.2, 0.25) is 0 Å². The molecule has 0 rings (SSSR count). The summed E-state index contributed by atoms with van der Waals surface area (Å²) in [5.74, 6) is -0.298. The van der Waals surface area contributed by atoms with E-state index < -0.39 is 0 Å². The molecule has 0 saturated heterocycles. The minimum Gasteiger partial charge on any atom is -0.299 e. The maximum Gasteiger partial charge on any atom is 0.181 e. The second kappa shape index (κ2) is 8.39. The first-order valence-corrected chi connectivity index (χ1v) is 5.48. The highest BCUT2D eigenvalue weighted by Gasteiger charge is 1.99. The molecule has 0 saturated carbocycles. The first kappa shape index (κ1) is 15.2. The predicted molar refractivity (Wildman–Crippen MR) is 67.6 cm³/mol. The Morgan fingerprint density at radius 1 is 1.06 bits per heavy atom. The molecule has 0 fully saturated rings. The van der Waals surface area contributed by atoms with E-state index in [1.54, 1.807) is 6.92 Å². The Labute approximate surface area is 102 Å². The average Bonchev–Trinajstić information content (AvgIpc) is 2.25. The molecule has 0 atom stereocenters. The zero-order valence-corrected chi connectivity index (χ0v) is 10.5. The Kier molecular flexibility index (Phi) is 7.52. The van der Waals surface area contributed by atoms with Crippen LogP contribution in [0.4, 0.5) is 0 Å². The van der Waals surface area contributed by atoms with Gasteiger partial charge in [-0.25, -0.2) is 0 Å². The van der Waals surface area contributed by atoms with E-state index in [0.29, 0.717) is 12.0 Å². The molecule has 92 valence electrons. The summed E-state index contributed by atoms with van der Waals surface area (Å²) >= 11 is 0. The monoisotopic (exact) mass is 234 g/mol. The molecule has 0 unspecified atom stereocenters. The molecule has 0 aromatic carbocycles. The first-order valence-electron chi connectivity index (χ1n) is 5.48. The molecule has 17 heavy (non-hydrogen) atoms. The lowest BCUT2D eigenvalue weighted by Crippen LogP contribution is -1.96. The second-order valence-electron chi connectivity index (χ2n) is 3.88. The number of carbonyl (C=O) groups is 3. The van der Waals surface area contributed by atoms with E-state index in [-0.39, 0.29) is 11.6 Å². The lowest BCUT2D eigenvalue weighted by atomic mass is 10.1. The summed E-state index contributed by atoms with van der Waals surface area (Å²) in [7, 11) is 0. The number of carbonyl (C=O) groups excluding carboxylic acids is 3. The van der Waals surface area contributed by atoms with Crippen LogP contribution in [0, 0.1) is 0 Å². The number of hydrogen-bond acceptors (Lipinski definition) is 3. The van der Waals surface area contributed by atoms with Gasteiger partial charge in [0.15, 0.2) is 11.6 Å². The van der Waals surface area contributed by atoms with Crippen molar-refractivity contribution in [3.8, 4) is 0 Å². The Hall–Kier alpha value is -1.77. The summed E-state index contributed by atoms with van der Waals surface area (Å²) in [4.78, 5) is 32.3. The number of allylic oxidation sites excluding steroid dienone is 6. The van der Waals surface area contributed by atoms with Crippen molar-refractivity contribution in [2.45, 2.75) is 33.6 Å². The lowest BCUT2D eigenvalue weighted by Gasteiger charge is -1.97. The minimum atomic E-state index is -0.155. The van der Waals surface area contributed by atoms with Crippen LogP contribution < -0.4 is 0 Å². The van der Waals surface area contributed by atoms with Gasteiger partial charge in [-0.2, -0.15) is 0 Å². The van der Waals surface area contributed by atoms with E-state index >= 15 is 0 Å². The highest BCUT2D eigenvalue weighted by atomic mass is 16.1. The van der Waals surface area contributed by atoms with Crippen molar-refractivity contribution in [3.05, 3.63) is 35.5 Å². The number of rotatable bonds is 7. The third kappa shape index (κ3) is 8.08. The van der Waals surface area contributed by atoms with Crippen molar-refractivity contribution in [3.63, 3.8) is 0 Å². The molecule has 0 aromatic rings. The fourth-order valence-electron chi connectivity index (χ4n) is 1.14. The lowest BCUT2D eigenvalue weighted by molar-refractivity contribution is -0.114. The third-order valence-electron chi connectivity index (χ3n) is 2.20. The quantitative estimate of drug-likeness (QED) is 0.502. The van der Waals surface area contributed by atoms with E-state index in [0.717, 1.165) is 18.3 Å². The maximum absolute atomic E-state index is 11.5. The number of ketones is 2. The molecule has 3 heteroatoms. The molecule has 3 nitrogen and oxygen atoms in total. The Bertz CT molecular complexity index is 384. The van der Waals surface area contributed by atoms with Crippen molar-refractivity contribution in [2.24, 2.45) is 0 Å². The SMILES string of the molecule is CC(=O)/C=C/C(=O)/C(C)=C/CC/C(C)=C/C=O. The summed E-state index contributed by atoms with van der Waals surface area (Å²) < 4.78 is 0. The molecule has 0 aromatic heterocycles. The zero-order chi connectivity index (χ0) is 13.3. The summed E-state index contributed by atoms with van der Waals surface area (Å²) in [6, 6.07) is 0. The molecule has 0 radical (unpaired) electrons. The molecule has 0 aliphatic carbocycles. The van der Waals surface area contributed by atoms with Crippen molar-refractivity contribution < 1.29 is 14.4 Å². The Balaban J connectivity index is 4.26. The average molecular weight is 234 g/mol. The minimum absolute atomic E-state index is 0.143. The van der Waals surface area contributed by atoms with Gasteiger partial charge in [-0.3, -0.25) is 14.4 Å². The van der Waals surface area contributed by atoms with E-state index in [1.165, 1.54) is 25.2 Å². The smallest absolute Gasteiger partial charge is 0.181 e. The molecular formula is C14H18O3. The summed E-state index contributed by atoms with van der Waals surface area (Å²) in [6.07, 6.45) is 8.09. The van der Waals surface area contributed by atoms with Gasteiger partial charge >= 0.3 is 0 Å². The van der Waals surface area contributed by atoms with Crippen LogP contribution >= 0.6 is 0 Å². The number of hydrogen-bond donors (Lipinski definition) is 0. The Morgan fingerprint density at radius 3 is 2.24 bits per heavy atom. The van der Waals surface area contributed by atoms with Crippen LogP contribution in [-0.4, -0.2) is 17.9 Å². The van der Waals surface area contributed by atoms with Crippen LogP contribution in [0.3, 0.4) is 0 Å². The van der Waals surface area contributed by atoms with Gasteiger partial charge in [0.2, 0.25) is 0 Å². The van der Waals surface area contributed by atoms with Crippen molar-refractivity contribution in [1.82, 2.24) is 0 Å². The fourth-order valence-corrected chi connectivity index (χ4v) is 1.14.